The first-order valence-electron chi connectivity index (χ1n) is 8.85. The number of pyridine rings is 1. The fraction of sp³-hybridized carbons (Fsp3) is 0.250. The molecule has 2 aliphatic rings. The Kier molecular flexibility index (Phi) is 3.62. The van der Waals surface area contributed by atoms with Crippen molar-refractivity contribution in [1.82, 2.24) is 14.3 Å². The molecular weight excluding hydrogens is 408 g/mol. The smallest absolute Gasteiger partial charge is 0.254 e. The molecule has 1 aliphatic carbocycles. The van der Waals surface area contributed by atoms with Gasteiger partial charge in [-0.15, -0.1) is 0 Å². The number of nitrogens with zero attached hydrogens (tertiary/aromatic N) is 3. The van der Waals surface area contributed by atoms with Crippen molar-refractivity contribution in [3.63, 3.8) is 0 Å². The topological polar surface area (TPSA) is 66.7 Å². The van der Waals surface area contributed by atoms with Crippen molar-refractivity contribution in [1.29, 1.82) is 0 Å². The number of carbonyl (C=O) groups excluding carboxylic acids is 2. The maximum atomic E-state index is 12.9. The zero-order valence-corrected chi connectivity index (χ0v) is 16.1. The van der Waals surface area contributed by atoms with Gasteiger partial charge in [-0.25, -0.2) is 4.98 Å². The summed E-state index contributed by atoms with van der Waals surface area (Å²) in [5.41, 5.74) is 3.49. The van der Waals surface area contributed by atoms with E-state index in [0.29, 0.717) is 12.2 Å². The van der Waals surface area contributed by atoms with Crippen LogP contribution < -0.4 is 5.32 Å². The van der Waals surface area contributed by atoms with Crippen LogP contribution in [0.5, 0.6) is 0 Å². The van der Waals surface area contributed by atoms with Crippen molar-refractivity contribution in [3.05, 3.63) is 64.7 Å². The van der Waals surface area contributed by atoms with Crippen molar-refractivity contribution in [3.8, 4) is 0 Å². The van der Waals surface area contributed by atoms with Crippen LogP contribution in [0.25, 0.3) is 5.52 Å². The molecule has 7 heteroatoms. The average molecular weight is 425 g/mol. The number of benzene rings is 1. The highest BCUT2D eigenvalue weighted by atomic mass is 79.9. The number of imidazole rings is 1. The molecule has 1 N–H and O–H groups in total. The Balaban J connectivity index is 1.35. The molecule has 1 saturated carbocycles. The molecule has 6 nitrogen and oxygen atoms in total. The van der Waals surface area contributed by atoms with Gasteiger partial charge in [0.05, 0.1) is 23.7 Å². The standard InChI is InChI=1S/C20H17BrN4O2/c21-13-1-4-16-17(7-13)20(5-6-20)11-24(19(16)27)10-18(26)23-14-2-3-15-8-22-12-25(15)9-14/h1-4,7-9,12H,5-6,10-11H2,(H,23,26). The molecule has 1 aliphatic heterocycles. The molecule has 1 spiro atoms. The molecule has 1 fully saturated rings. The number of amides is 2. The Morgan fingerprint density at radius 2 is 2.11 bits per heavy atom. The normalized spacial score (nSPS) is 17.2. The van der Waals surface area contributed by atoms with Gasteiger partial charge in [-0.05, 0) is 48.7 Å². The number of hydrogen-bond acceptors (Lipinski definition) is 3. The highest BCUT2D eigenvalue weighted by Gasteiger charge is 2.51. The first kappa shape index (κ1) is 16.5. The Hall–Kier alpha value is -2.67. The lowest BCUT2D eigenvalue weighted by Gasteiger charge is -2.34. The van der Waals surface area contributed by atoms with Crippen LogP contribution in [0.4, 0.5) is 5.69 Å². The molecule has 0 radical (unpaired) electrons. The Bertz CT molecular complexity index is 1090. The molecule has 27 heavy (non-hydrogen) atoms. The highest BCUT2D eigenvalue weighted by molar-refractivity contribution is 9.10. The number of rotatable bonds is 3. The minimum absolute atomic E-state index is 0.0169. The number of halogens is 1. The van der Waals surface area contributed by atoms with E-state index in [9.17, 15) is 9.59 Å². The quantitative estimate of drug-likeness (QED) is 0.701. The third kappa shape index (κ3) is 2.82. The van der Waals surface area contributed by atoms with E-state index < -0.39 is 0 Å². The number of aromatic nitrogens is 2. The number of hydrogen-bond donors (Lipinski definition) is 1. The zero-order chi connectivity index (χ0) is 18.6. The lowest BCUT2D eigenvalue weighted by molar-refractivity contribution is -0.117. The first-order valence-corrected chi connectivity index (χ1v) is 9.64. The van der Waals surface area contributed by atoms with Gasteiger partial charge < -0.3 is 14.6 Å². The van der Waals surface area contributed by atoms with E-state index in [-0.39, 0.29) is 23.8 Å². The maximum absolute atomic E-state index is 12.9. The van der Waals surface area contributed by atoms with Gasteiger partial charge in [-0.2, -0.15) is 0 Å². The monoisotopic (exact) mass is 424 g/mol. The summed E-state index contributed by atoms with van der Waals surface area (Å²) in [5, 5.41) is 2.88. The number of fused-ring (bicyclic) bond motifs is 3. The fourth-order valence-corrected chi connectivity index (χ4v) is 4.27. The molecule has 0 saturated heterocycles. The second-order valence-electron chi connectivity index (χ2n) is 7.32. The number of carbonyl (C=O) groups is 2. The average Bonchev–Trinajstić information content (AvgIpc) is 3.26. The van der Waals surface area contributed by atoms with E-state index in [1.807, 2.05) is 34.9 Å². The van der Waals surface area contributed by atoms with Crippen LogP contribution in [-0.2, 0) is 10.2 Å². The van der Waals surface area contributed by atoms with Crippen LogP contribution >= 0.6 is 15.9 Å². The molecule has 3 aromatic rings. The van der Waals surface area contributed by atoms with Gasteiger partial charge in [0.15, 0.2) is 0 Å². The molecule has 1 aromatic carbocycles. The number of nitrogens with one attached hydrogen (secondary N) is 1. The van der Waals surface area contributed by atoms with Crippen molar-refractivity contribution < 1.29 is 9.59 Å². The largest absolute Gasteiger partial charge is 0.328 e. The molecule has 2 aromatic heterocycles. The van der Waals surface area contributed by atoms with Crippen LogP contribution in [0, 0.1) is 0 Å². The van der Waals surface area contributed by atoms with Crippen LogP contribution in [0.3, 0.4) is 0 Å². The Morgan fingerprint density at radius 1 is 1.26 bits per heavy atom. The van der Waals surface area contributed by atoms with Gasteiger partial charge in [0.1, 0.15) is 6.54 Å². The summed E-state index contributed by atoms with van der Waals surface area (Å²) in [4.78, 5) is 31.2. The van der Waals surface area contributed by atoms with Crippen molar-refractivity contribution in [2.45, 2.75) is 18.3 Å². The van der Waals surface area contributed by atoms with Gasteiger partial charge in [-0.1, -0.05) is 15.9 Å². The lowest BCUT2D eigenvalue weighted by atomic mass is 9.86. The van der Waals surface area contributed by atoms with Gasteiger partial charge in [0.2, 0.25) is 5.91 Å². The third-order valence-electron chi connectivity index (χ3n) is 5.44. The van der Waals surface area contributed by atoms with Gasteiger partial charge >= 0.3 is 0 Å². The summed E-state index contributed by atoms with van der Waals surface area (Å²) in [6.07, 6.45) is 7.36. The van der Waals surface area contributed by atoms with Gasteiger partial charge in [0.25, 0.3) is 5.91 Å². The van der Waals surface area contributed by atoms with E-state index in [2.05, 4.69) is 32.3 Å². The molecule has 0 unspecified atom stereocenters. The highest BCUT2D eigenvalue weighted by Crippen LogP contribution is 2.52. The molecule has 2 amide bonds. The molecule has 3 heterocycles. The molecule has 136 valence electrons. The van der Waals surface area contributed by atoms with Gasteiger partial charge in [0, 0.05) is 28.2 Å². The SMILES string of the molecule is O=C(CN1CC2(CC2)c2cc(Br)ccc2C1=O)Nc1ccc2cncn2c1. The molecule has 0 bridgehead atoms. The van der Waals surface area contributed by atoms with Crippen molar-refractivity contribution >= 4 is 38.9 Å². The summed E-state index contributed by atoms with van der Waals surface area (Å²) in [7, 11) is 0. The van der Waals surface area contributed by atoms with Crippen molar-refractivity contribution in [2.24, 2.45) is 0 Å². The predicted molar refractivity (Wildman–Crippen MR) is 105 cm³/mol. The molecule has 5 rings (SSSR count). The lowest BCUT2D eigenvalue weighted by Crippen LogP contribution is -2.46. The van der Waals surface area contributed by atoms with Crippen LogP contribution in [0.1, 0.15) is 28.8 Å². The minimum Gasteiger partial charge on any atom is -0.328 e. The molecule has 0 atom stereocenters. The first-order chi connectivity index (χ1) is 13.0. The van der Waals surface area contributed by atoms with Gasteiger partial charge in [-0.3, -0.25) is 9.59 Å². The second-order valence-corrected chi connectivity index (χ2v) is 8.24. The second kappa shape index (κ2) is 5.92. The van der Waals surface area contributed by atoms with Crippen LogP contribution in [0.2, 0.25) is 0 Å². The predicted octanol–water partition coefficient (Wildman–Crippen LogP) is 3.22. The van der Waals surface area contributed by atoms with Crippen molar-refractivity contribution in [2.75, 3.05) is 18.4 Å². The summed E-state index contributed by atoms with van der Waals surface area (Å²) in [6.45, 7) is 0.654. The van der Waals surface area contributed by atoms with Crippen LogP contribution in [0.15, 0.2) is 53.5 Å². The van der Waals surface area contributed by atoms with E-state index >= 15 is 0 Å². The molecular formula is C20H17BrN4O2. The summed E-state index contributed by atoms with van der Waals surface area (Å²) < 4.78 is 2.83. The van der Waals surface area contributed by atoms with E-state index in [4.69, 9.17) is 0 Å². The summed E-state index contributed by atoms with van der Waals surface area (Å²) >= 11 is 3.50. The van der Waals surface area contributed by atoms with E-state index in [1.54, 1.807) is 17.4 Å². The Morgan fingerprint density at radius 3 is 2.93 bits per heavy atom. The Labute approximate surface area is 164 Å². The fourth-order valence-electron chi connectivity index (χ4n) is 3.91. The third-order valence-corrected chi connectivity index (χ3v) is 5.94. The number of anilines is 1. The minimum atomic E-state index is -0.195. The van der Waals surface area contributed by atoms with Crippen LogP contribution in [-0.4, -0.2) is 39.2 Å². The zero-order valence-electron chi connectivity index (χ0n) is 14.5. The summed E-state index contributed by atoms with van der Waals surface area (Å²) in [5.74, 6) is -0.269. The van der Waals surface area contributed by atoms with E-state index in [1.165, 1.54) is 0 Å². The van der Waals surface area contributed by atoms with E-state index in [0.717, 1.165) is 34.0 Å². The summed E-state index contributed by atoms with van der Waals surface area (Å²) in [6, 6.07) is 9.53. The maximum Gasteiger partial charge on any atom is 0.254 e.